The second kappa shape index (κ2) is 7.29. The van der Waals surface area contributed by atoms with Crippen LogP contribution in [0, 0.1) is 0 Å². The van der Waals surface area contributed by atoms with Gasteiger partial charge in [-0.25, -0.2) is 4.79 Å². The molecular formula is C16H24N2O2. The lowest BCUT2D eigenvalue weighted by Gasteiger charge is -2.25. The molecule has 1 aliphatic heterocycles. The molecule has 0 unspecified atom stereocenters. The van der Waals surface area contributed by atoms with Crippen LogP contribution in [0.25, 0.3) is 0 Å². The first-order chi connectivity index (χ1) is 9.74. The fourth-order valence-corrected chi connectivity index (χ4v) is 2.76. The van der Waals surface area contributed by atoms with Crippen molar-refractivity contribution in [1.82, 2.24) is 9.80 Å². The van der Waals surface area contributed by atoms with E-state index in [1.807, 2.05) is 35.2 Å². The quantitative estimate of drug-likeness (QED) is 0.829. The first-order valence-corrected chi connectivity index (χ1v) is 7.44. The number of carbonyl (C=O) groups excluding carboxylic acids is 1. The summed E-state index contributed by atoms with van der Waals surface area (Å²) in [6.45, 7) is 8.35. The highest BCUT2D eigenvalue weighted by molar-refractivity contribution is 5.68. The molecular weight excluding hydrogens is 252 g/mol. The van der Waals surface area contributed by atoms with Gasteiger partial charge < -0.3 is 9.64 Å². The van der Waals surface area contributed by atoms with Crippen molar-refractivity contribution in [2.45, 2.75) is 32.9 Å². The molecule has 1 aromatic carbocycles. The zero-order valence-electron chi connectivity index (χ0n) is 12.4. The summed E-state index contributed by atoms with van der Waals surface area (Å²) in [5, 5.41) is 0. The van der Waals surface area contributed by atoms with Crippen molar-refractivity contribution >= 4 is 6.09 Å². The van der Waals surface area contributed by atoms with Crippen molar-refractivity contribution in [2.75, 3.05) is 26.2 Å². The van der Waals surface area contributed by atoms with Gasteiger partial charge in [-0.05, 0) is 25.1 Å². The van der Waals surface area contributed by atoms with Gasteiger partial charge in [-0.1, -0.05) is 44.2 Å². The minimum absolute atomic E-state index is 0.191. The van der Waals surface area contributed by atoms with Crippen LogP contribution in [0.3, 0.4) is 0 Å². The molecule has 1 aromatic rings. The zero-order chi connectivity index (χ0) is 14.4. The summed E-state index contributed by atoms with van der Waals surface area (Å²) >= 11 is 0. The van der Waals surface area contributed by atoms with Crippen LogP contribution in [0.2, 0.25) is 0 Å². The molecule has 110 valence electrons. The maximum absolute atomic E-state index is 12.0. The lowest BCUT2D eigenvalue weighted by atomic mass is 10.2. The Hall–Kier alpha value is -1.55. The van der Waals surface area contributed by atoms with E-state index in [0.717, 1.165) is 38.2 Å². The summed E-state index contributed by atoms with van der Waals surface area (Å²) in [6.07, 6.45) is 0.853. The third-order valence-electron chi connectivity index (χ3n) is 3.96. The molecule has 1 aliphatic rings. The predicted molar refractivity (Wildman–Crippen MR) is 79.5 cm³/mol. The van der Waals surface area contributed by atoms with Crippen LogP contribution in [0.4, 0.5) is 4.79 Å². The van der Waals surface area contributed by atoms with Crippen molar-refractivity contribution in [1.29, 1.82) is 0 Å². The fraction of sp³-hybridized carbons (Fsp3) is 0.562. The average Bonchev–Trinajstić information content (AvgIpc) is 2.97. The molecule has 0 radical (unpaired) electrons. The van der Waals surface area contributed by atoms with E-state index in [2.05, 4.69) is 18.7 Å². The maximum atomic E-state index is 12.0. The molecule has 1 atom stereocenters. The van der Waals surface area contributed by atoms with E-state index in [1.54, 1.807) is 0 Å². The van der Waals surface area contributed by atoms with E-state index in [4.69, 9.17) is 4.74 Å². The molecule has 1 fully saturated rings. The van der Waals surface area contributed by atoms with Crippen LogP contribution < -0.4 is 0 Å². The second-order valence-electron chi connectivity index (χ2n) is 5.15. The Kier molecular flexibility index (Phi) is 5.41. The summed E-state index contributed by atoms with van der Waals surface area (Å²) < 4.78 is 5.38. The van der Waals surface area contributed by atoms with Gasteiger partial charge in [0, 0.05) is 19.1 Å². The van der Waals surface area contributed by atoms with Gasteiger partial charge in [0.05, 0.1) is 0 Å². The van der Waals surface area contributed by atoms with Gasteiger partial charge in [0.2, 0.25) is 0 Å². The molecule has 0 saturated carbocycles. The zero-order valence-corrected chi connectivity index (χ0v) is 12.4. The highest BCUT2D eigenvalue weighted by atomic mass is 16.6. The SMILES string of the molecule is CCN(CC)[C@H]1CCN(C(=O)OCc2ccccc2)C1. The number of nitrogens with zero attached hydrogens (tertiary/aromatic N) is 2. The van der Waals surface area contributed by atoms with Crippen LogP contribution in [0.1, 0.15) is 25.8 Å². The first-order valence-electron chi connectivity index (χ1n) is 7.44. The van der Waals surface area contributed by atoms with Gasteiger partial charge in [-0.15, -0.1) is 0 Å². The van der Waals surface area contributed by atoms with Crippen molar-refractivity contribution < 1.29 is 9.53 Å². The summed E-state index contributed by atoms with van der Waals surface area (Å²) in [5.74, 6) is 0. The van der Waals surface area contributed by atoms with Crippen molar-refractivity contribution in [3.63, 3.8) is 0 Å². The topological polar surface area (TPSA) is 32.8 Å². The smallest absolute Gasteiger partial charge is 0.410 e. The first kappa shape index (κ1) is 14.9. The molecule has 0 aromatic heterocycles. The Balaban J connectivity index is 1.79. The number of rotatable bonds is 5. The largest absolute Gasteiger partial charge is 0.445 e. The van der Waals surface area contributed by atoms with Crippen LogP contribution in [0.15, 0.2) is 30.3 Å². The van der Waals surface area contributed by atoms with Gasteiger partial charge in [0.15, 0.2) is 0 Å². The minimum atomic E-state index is -0.191. The number of ether oxygens (including phenoxy) is 1. The number of carbonyl (C=O) groups is 1. The van der Waals surface area contributed by atoms with Gasteiger partial charge in [0.25, 0.3) is 0 Å². The van der Waals surface area contributed by atoms with E-state index in [1.165, 1.54) is 0 Å². The molecule has 0 N–H and O–H groups in total. The molecule has 1 saturated heterocycles. The van der Waals surface area contributed by atoms with Crippen molar-refractivity contribution in [3.05, 3.63) is 35.9 Å². The van der Waals surface area contributed by atoms with Crippen molar-refractivity contribution in [2.24, 2.45) is 0 Å². The predicted octanol–water partition coefficient (Wildman–Crippen LogP) is 2.74. The molecule has 0 bridgehead atoms. The third-order valence-corrected chi connectivity index (χ3v) is 3.96. The molecule has 0 aliphatic carbocycles. The standard InChI is InChI=1S/C16H24N2O2/c1-3-17(4-2)15-10-11-18(12-15)16(19)20-13-14-8-6-5-7-9-14/h5-9,15H,3-4,10-13H2,1-2H3/t15-/m0/s1. The number of hydrogen-bond acceptors (Lipinski definition) is 3. The number of hydrogen-bond donors (Lipinski definition) is 0. The number of likely N-dealkylation sites (tertiary alicyclic amines) is 1. The normalized spacial score (nSPS) is 18.6. The lowest BCUT2D eigenvalue weighted by Crippen LogP contribution is -2.38. The average molecular weight is 276 g/mol. The molecule has 0 spiro atoms. The van der Waals surface area contributed by atoms with Crippen LogP contribution in [-0.2, 0) is 11.3 Å². The Morgan fingerprint density at radius 1 is 1.30 bits per heavy atom. The van der Waals surface area contributed by atoms with E-state index in [0.29, 0.717) is 12.6 Å². The van der Waals surface area contributed by atoms with Gasteiger partial charge in [0.1, 0.15) is 6.61 Å². The number of benzene rings is 1. The Bertz CT molecular complexity index is 418. The summed E-state index contributed by atoms with van der Waals surface area (Å²) in [5.41, 5.74) is 1.03. The molecule has 4 heteroatoms. The third kappa shape index (κ3) is 3.73. The highest BCUT2D eigenvalue weighted by Gasteiger charge is 2.29. The highest BCUT2D eigenvalue weighted by Crippen LogP contribution is 2.16. The van der Waals surface area contributed by atoms with E-state index >= 15 is 0 Å². The Labute approximate surface area is 121 Å². The van der Waals surface area contributed by atoms with E-state index in [9.17, 15) is 4.79 Å². The molecule has 2 rings (SSSR count). The second-order valence-corrected chi connectivity index (χ2v) is 5.15. The minimum Gasteiger partial charge on any atom is -0.445 e. The van der Waals surface area contributed by atoms with E-state index in [-0.39, 0.29) is 6.09 Å². The van der Waals surface area contributed by atoms with Gasteiger partial charge >= 0.3 is 6.09 Å². The van der Waals surface area contributed by atoms with E-state index < -0.39 is 0 Å². The Morgan fingerprint density at radius 3 is 2.65 bits per heavy atom. The number of likely N-dealkylation sites (N-methyl/N-ethyl adjacent to an activating group) is 1. The molecule has 4 nitrogen and oxygen atoms in total. The van der Waals surface area contributed by atoms with Gasteiger partial charge in [-0.3, -0.25) is 4.90 Å². The van der Waals surface area contributed by atoms with Gasteiger partial charge in [-0.2, -0.15) is 0 Å². The van der Waals surface area contributed by atoms with Crippen LogP contribution in [-0.4, -0.2) is 48.1 Å². The monoisotopic (exact) mass is 276 g/mol. The van der Waals surface area contributed by atoms with Crippen molar-refractivity contribution in [3.8, 4) is 0 Å². The summed E-state index contributed by atoms with van der Waals surface area (Å²) in [6, 6.07) is 10.3. The molecule has 20 heavy (non-hydrogen) atoms. The fourth-order valence-electron chi connectivity index (χ4n) is 2.76. The Morgan fingerprint density at radius 2 is 2.00 bits per heavy atom. The summed E-state index contributed by atoms with van der Waals surface area (Å²) in [7, 11) is 0. The number of amides is 1. The lowest BCUT2D eigenvalue weighted by molar-refractivity contribution is 0.100. The maximum Gasteiger partial charge on any atom is 0.410 e. The van der Waals surface area contributed by atoms with Crippen LogP contribution in [0.5, 0.6) is 0 Å². The molecule has 1 amide bonds. The van der Waals surface area contributed by atoms with Crippen LogP contribution >= 0.6 is 0 Å². The summed E-state index contributed by atoms with van der Waals surface area (Å²) in [4.78, 5) is 16.3. The molecule has 1 heterocycles.